The minimum Gasteiger partial charge on any atom is -0.390 e. The van der Waals surface area contributed by atoms with Crippen molar-refractivity contribution in [2.24, 2.45) is 0 Å². The van der Waals surface area contributed by atoms with Crippen molar-refractivity contribution in [3.05, 3.63) is 84.2 Å². The lowest BCUT2D eigenvalue weighted by atomic mass is 9.70. The average Bonchev–Trinajstić information content (AvgIpc) is 3.06. The van der Waals surface area contributed by atoms with E-state index in [1.54, 1.807) is 24.5 Å². The summed E-state index contributed by atoms with van der Waals surface area (Å²) in [6.45, 7) is 5.34. The Balaban J connectivity index is 1.94. The number of benzene rings is 3. The zero-order valence-electron chi connectivity index (χ0n) is 17.8. The fourth-order valence-corrected chi connectivity index (χ4v) is 5.20. The number of carbonyl (C=O) groups excluding carboxylic acids is 1. The van der Waals surface area contributed by atoms with E-state index in [0.29, 0.717) is 10.9 Å². The van der Waals surface area contributed by atoms with E-state index in [0.717, 1.165) is 27.9 Å². The van der Waals surface area contributed by atoms with Crippen LogP contribution in [-0.2, 0) is 5.41 Å². The topological polar surface area (TPSA) is 42.2 Å². The van der Waals surface area contributed by atoms with E-state index in [2.05, 4.69) is 0 Å². The lowest BCUT2D eigenvalue weighted by Crippen LogP contribution is -2.45. The normalized spacial score (nSPS) is 18.2. The molecule has 1 aromatic heterocycles. The van der Waals surface area contributed by atoms with E-state index in [1.165, 1.54) is 12.1 Å². The summed E-state index contributed by atoms with van der Waals surface area (Å²) < 4.78 is 16.1. The molecule has 5 rings (SSSR count). The van der Waals surface area contributed by atoms with Gasteiger partial charge in [-0.05, 0) is 56.5 Å². The van der Waals surface area contributed by atoms with Gasteiger partial charge < -0.3 is 5.11 Å². The molecule has 0 spiro atoms. The highest BCUT2D eigenvalue weighted by molar-refractivity contribution is 6.14. The molecule has 0 saturated heterocycles. The predicted molar refractivity (Wildman–Crippen MR) is 122 cm³/mol. The van der Waals surface area contributed by atoms with Gasteiger partial charge >= 0.3 is 0 Å². The first-order valence-electron chi connectivity index (χ1n) is 10.5. The Bertz CT molecular complexity index is 1330. The van der Waals surface area contributed by atoms with Crippen LogP contribution >= 0.6 is 0 Å². The van der Waals surface area contributed by atoms with Crippen LogP contribution in [0.5, 0.6) is 0 Å². The number of rotatable bonds is 3. The maximum atomic E-state index is 14.3. The summed E-state index contributed by atoms with van der Waals surface area (Å²) in [4.78, 5) is 14.1. The van der Waals surface area contributed by atoms with Gasteiger partial charge in [0.15, 0.2) is 0 Å². The van der Waals surface area contributed by atoms with Crippen LogP contribution in [0.15, 0.2) is 72.8 Å². The molecule has 31 heavy (non-hydrogen) atoms. The van der Waals surface area contributed by atoms with Crippen LogP contribution in [0.2, 0.25) is 0 Å². The summed E-state index contributed by atoms with van der Waals surface area (Å²) in [6, 6.07) is 22.2. The minimum atomic E-state index is -1.04. The zero-order chi connectivity index (χ0) is 22.0. The molecule has 0 aliphatic carbocycles. The second kappa shape index (κ2) is 6.63. The molecule has 0 saturated carbocycles. The first kappa shape index (κ1) is 19.7. The molecule has 0 radical (unpaired) electrons. The van der Waals surface area contributed by atoms with Gasteiger partial charge in [-0.3, -0.25) is 9.36 Å². The predicted octanol–water partition coefficient (Wildman–Crippen LogP) is 6.19. The Labute approximate surface area is 180 Å². The van der Waals surface area contributed by atoms with Gasteiger partial charge in [-0.15, -0.1) is 0 Å². The van der Waals surface area contributed by atoms with Gasteiger partial charge in [0.05, 0.1) is 22.2 Å². The Kier molecular flexibility index (Phi) is 4.21. The number of aliphatic hydroxyl groups is 1. The van der Waals surface area contributed by atoms with Crippen molar-refractivity contribution in [2.75, 3.05) is 0 Å². The first-order valence-corrected chi connectivity index (χ1v) is 10.5. The maximum Gasteiger partial charge on any atom is 0.242 e. The number of hydrogen-bond acceptors (Lipinski definition) is 2. The Hall–Kier alpha value is -3.24. The molecule has 1 atom stereocenters. The third kappa shape index (κ3) is 2.94. The van der Waals surface area contributed by atoms with Gasteiger partial charge in [0.2, 0.25) is 5.91 Å². The first-order chi connectivity index (χ1) is 14.7. The van der Waals surface area contributed by atoms with Crippen LogP contribution < -0.4 is 0 Å². The van der Waals surface area contributed by atoms with Gasteiger partial charge in [-0.2, -0.15) is 0 Å². The molecule has 0 amide bonds. The molecule has 0 unspecified atom stereocenters. The Morgan fingerprint density at radius 1 is 1.00 bits per heavy atom. The van der Waals surface area contributed by atoms with Crippen molar-refractivity contribution in [1.82, 2.24) is 4.57 Å². The van der Waals surface area contributed by atoms with E-state index in [1.807, 2.05) is 61.5 Å². The molecule has 4 aromatic rings. The summed E-state index contributed by atoms with van der Waals surface area (Å²) in [5.41, 5.74) is 3.10. The van der Waals surface area contributed by atoms with Crippen molar-refractivity contribution in [3.63, 3.8) is 0 Å². The monoisotopic (exact) mass is 413 g/mol. The molecular formula is C27H24FNO2. The van der Waals surface area contributed by atoms with Crippen LogP contribution in [0.25, 0.3) is 33.3 Å². The van der Waals surface area contributed by atoms with E-state index >= 15 is 0 Å². The van der Waals surface area contributed by atoms with Gasteiger partial charge in [0, 0.05) is 16.5 Å². The number of carbonyl (C=O) groups is 1. The van der Waals surface area contributed by atoms with E-state index < -0.39 is 11.0 Å². The van der Waals surface area contributed by atoms with Crippen LogP contribution in [-0.4, -0.2) is 21.2 Å². The van der Waals surface area contributed by atoms with E-state index in [-0.39, 0.29) is 18.1 Å². The molecule has 0 fully saturated rings. The van der Waals surface area contributed by atoms with Crippen molar-refractivity contribution in [3.8, 4) is 22.4 Å². The smallest absolute Gasteiger partial charge is 0.242 e. The Morgan fingerprint density at radius 3 is 2.39 bits per heavy atom. The largest absolute Gasteiger partial charge is 0.390 e. The van der Waals surface area contributed by atoms with Crippen molar-refractivity contribution >= 4 is 16.8 Å². The van der Waals surface area contributed by atoms with Crippen molar-refractivity contribution < 1.29 is 14.3 Å². The third-order valence-corrected chi connectivity index (χ3v) is 6.23. The van der Waals surface area contributed by atoms with Gasteiger partial charge in [0.25, 0.3) is 0 Å². The molecule has 1 N–H and O–H groups in total. The van der Waals surface area contributed by atoms with E-state index in [9.17, 15) is 14.3 Å². The number of hydrogen-bond donors (Lipinski definition) is 1. The summed E-state index contributed by atoms with van der Waals surface area (Å²) in [5.74, 6) is -0.449. The summed E-state index contributed by atoms with van der Waals surface area (Å²) in [6.07, 6.45) is 0.275. The van der Waals surface area contributed by atoms with Gasteiger partial charge in [-0.1, -0.05) is 54.6 Å². The number of halogens is 1. The fourth-order valence-electron chi connectivity index (χ4n) is 5.20. The molecular weight excluding hydrogens is 389 g/mol. The molecule has 156 valence electrons. The minimum absolute atomic E-state index is 0.109. The molecule has 0 bridgehead atoms. The highest BCUT2D eigenvalue weighted by atomic mass is 19.1. The van der Waals surface area contributed by atoms with Crippen molar-refractivity contribution in [2.45, 2.75) is 38.2 Å². The molecule has 1 aliphatic rings. The quantitative estimate of drug-likeness (QED) is 0.435. The molecule has 4 heteroatoms. The summed E-state index contributed by atoms with van der Waals surface area (Å²) in [5, 5.41) is 11.4. The zero-order valence-corrected chi connectivity index (χ0v) is 17.8. The van der Waals surface area contributed by atoms with Crippen LogP contribution in [0.4, 0.5) is 4.39 Å². The molecule has 3 nitrogen and oxygen atoms in total. The lowest BCUT2D eigenvalue weighted by molar-refractivity contribution is 0.0378. The highest BCUT2D eigenvalue weighted by Crippen LogP contribution is 2.50. The van der Waals surface area contributed by atoms with Gasteiger partial charge in [0.1, 0.15) is 5.82 Å². The highest BCUT2D eigenvalue weighted by Gasteiger charge is 2.47. The third-order valence-electron chi connectivity index (χ3n) is 6.23. The summed E-state index contributed by atoms with van der Waals surface area (Å²) in [7, 11) is 0. The number of aromatic nitrogens is 1. The second-order valence-electron chi connectivity index (χ2n) is 9.26. The number of fused-ring (bicyclic) bond motifs is 5. The number of nitrogens with zero attached hydrogens (tertiary/aromatic N) is 1. The summed E-state index contributed by atoms with van der Waals surface area (Å²) >= 11 is 0. The molecule has 2 heterocycles. The standard InChI is InChI=1S/C27H24FNO2/c1-26(2,31)16-27(3)21-12-8-7-11-19(21)24-23(17-9-5-4-6-10-17)20-15-18(28)13-14-22(20)29(24)25(27)30/h4-15,31H,16H2,1-3H3/t27-/m1/s1. The van der Waals surface area contributed by atoms with Crippen molar-refractivity contribution in [1.29, 1.82) is 0 Å². The van der Waals surface area contributed by atoms with Crippen LogP contribution in [0.1, 0.15) is 37.6 Å². The van der Waals surface area contributed by atoms with Gasteiger partial charge in [-0.25, -0.2) is 4.39 Å². The Morgan fingerprint density at radius 2 is 1.68 bits per heavy atom. The second-order valence-corrected chi connectivity index (χ2v) is 9.26. The van der Waals surface area contributed by atoms with Crippen LogP contribution in [0.3, 0.4) is 0 Å². The molecule has 1 aliphatic heterocycles. The maximum absolute atomic E-state index is 14.3. The average molecular weight is 413 g/mol. The van der Waals surface area contributed by atoms with E-state index in [4.69, 9.17) is 0 Å². The molecule has 3 aromatic carbocycles. The SMILES string of the molecule is CC(C)(O)C[C@@]1(C)C(=O)n2c(c(-c3ccccc3)c3cc(F)ccc32)-c2ccccc21. The lowest BCUT2D eigenvalue weighted by Gasteiger charge is -2.39. The van der Waals surface area contributed by atoms with Crippen LogP contribution in [0, 0.1) is 5.82 Å². The fraction of sp³-hybridized carbons (Fsp3) is 0.222.